The highest BCUT2D eigenvalue weighted by Crippen LogP contribution is 2.30. The Labute approximate surface area is 117 Å². The molecule has 0 radical (unpaired) electrons. The van der Waals surface area contributed by atoms with Crippen molar-refractivity contribution in [2.45, 2.75) is 13.8 Å². The Hall–Kier alpha value is -2.36. The Morgan fingerprint density at radius 3 is 2.60 bits per heavy atom. The van der Waals surface area contributed by atoms with Crippen molar-refractivity contribution in [1.29, 1.82) is 0 Å². The number of hydrogen-bond acceptors (Lipinski definition) is 3. The number of aryl methyl sites for hydroxylation is 2. The summed E-state index contributed by atoms with van der Waals surface area (Å²) in [4.78, 5) is 22.5. The average Bonchev–Trinajstić information content (AvgIpc) is 2.43. The largest absolute Gasteiger partial charge is 0.495 e. The number of rotatable bonds is 3. The molecule has 0 spiro atoms. The maximum atomic E-state index is 11.9. The minimum Gasteiger partial charge on any atom is -0.495 e. The first kappa shape index (κ1) is 14.1. The van der Waals surface area contributed by atoms with Crippen molar-refractivity contribution < 1.29 is 9.53 Å². The fourth-order valence-electron chi connectivity index (χ4n) is 2.31. The minimum absolute atomic E-state index is 0.0683. The van der Waals surface area contributed by atoms with Gasteiger partial charge in [0.1, 0.15) is 12.0 Å². The molecule has 2 aromatic rings. The number of nitrogens with zero attached hydrogens (tertiary/aromatic N) is 1. The highest BCUT2D eigenvalue weighted by atomic mass is 16.5. The van der Waals surface area contributed by atoms with E-state index in [1.807, 2.05) is 26.0 Å². The maximum Gasteiger partial charge on any atom is 0.251 e. The van der Waals surface area contributed by atoms with Gasteiger partial charge in [-0.3, -0.25) is 9.59 Å². The van der Waals surface area contributed by atoms with Crippen LogP contribution in [0.15, 0.2) is 29.1 Å². The Morgan fingerprint density at radius 2 is 2.00 bits per heavy atom. The first-order chi connectivity index (χ1) is 9.49. The van der Waals surface area contributed by atoms with Crippen LogP contribution in [-0.2, 0) is 11.8 Å². The van der Waals surface area contributed by atoms with E-state index in [1.165, 1.54) is 6.08 Å². The van der Waals surface area contributed by atoms with Gasteiger partial charge in [0.15, 0.2) is 0 Å². The Morgan fingerprint density at radius 1 is 1.30 bits per heavy atom. The number of aldehydes is 1. The Kier molecular flexibility index (Phi) is 3.74. The number of aromatic nitrogens is 1. The van der Waals surface area contributed by atoms with Crippen LogP contribution in [0.25, 0.3) is 16.5 Å². The molecule has 0 fully saturated rings. The molecule has 0 bridgehead atoms. The summed E-state index contributed by atoms with van der Waals surface area (Å²) < 4.78 is 6.99. The number of hydrogen-bond donors (Lipinski definition) is 0. The van der Waals surface area contributed by atoms with Gasteiger partial charge in [0, 0.05) is 18.5 Å². The molecule has 0 aliphatic heterocycles. The van der Waals surface area contributed by atoms with Crippen molar-refractivity contribution in [3.63, 3.8) is 0 Å². The second-order valence-corrected chi connectivity index (χ2v) is 4.79. The molecular weight excluding hydrogens is 254 g/mol. The Balaban J connectivity index is 2.92. The number of fused-ring (bicyclic) bond motifs is 1. The van der Waals surface area contributed by atoms with E-state index in [4.69, 9.17) is 4.74 Å². The van der Waals surface area contributed by atoms with Crippen LogP contribution in [0.2, 0.25) is 0 Å². The summed E-state index contributed by atoms with van der Waals surface area (Å²) >= 11 is 0. The first-order valence-corrected chi connectivity index (χ1v) is 6.30. The average molecular weight is 271 g/mol. The number of benzene rings is 1. The third-order valence-corrected chi connectivity index (χ3v) is 3.50. The molecule has 1 aromatic heterocycles. The minimum atomic E-state index is -0.0683. The normalized spacial score (nSPS) is 11.7. The lowest BCUT2D eigenvalue weighted by atomic mass is 10.0. The molecule has 0 unspecified atom stereocenters. The lowest BCUT2D eigenvalue weighted by Gasteiger charge is -2.14. The smallest absolute Gasteiger partial charge is 0.251 e. The van der Waals surface area contributed by atoms with Crippen LogP contribution in [0.5, 0.6) is 5.75 Å². The van der Waals surface area contributed by atoms with E-state index in [-0.39, 0.29) is 5.56 Å². The molecule has 0 atom stereocenters. The van der Waals surface area contributed by atoms with Gasteiger partial charge >= 0.3 is 0 Å². The molecule has 0 N–H and O–H groups in total. The predicted molar refractivity (Wildman–Crippen MR) is 80.2 cm³/mol. The van der Waals surface area contributed by atoms with Crippen molar-refractivity contribution in [2.24, 2.45) is 7.05 Å². The molecule has 0 amide bonds. The fraction of sp³-hybridized carbons (Fsp3) is 0.250. The van der Waals surface area contributed by atoms with Crippen LogP contribution < -0.4 is 10.3 Å². The van der Waals surface area contributed by atoms with Crippen LogP contribution in [0, 0.1) is 6.92 Å². The van der Waals surface area contributed by atoms with E-state index in [1.54, 1.807) is 24.8 Å². The number of allylic oxidation sites excluding steroid dienone is 2. The summed E-state index contributed by atoms with van der Waals surface area (Å²) in [5, 5.41) is 0.945. The molecule has 0 aliphatic carbocycles. The van der Waals surface area contributed by atoms with Gasteiger partial charge in [0.2, 0.25) is 0 Å². The van der Waals surface area contributed by atoms with Crippen molar-refractivity contribution in [2.75, 3.05) is 7.11 Å². The van der Waals surface area contributed by atoms with Gasteiger partial charge in [-0.1, -0.05) is 0 Å². The van der Waals surface area contributed by atoms with E-state index in [0.29, 0.717) is 5.75 Å². The van der Waals surface area contributed by atoms with Crippen molar-refractivity contribution >= 4 is 22.8 Å². The SMILES string of the molecule is COc1cc(/C(C)=C\C=O)cc2c(C)cc(=O)n(C)c12. The van der Waals surface area contributed by atoms with Gasteiger partial charge in [0.25, 0.3) is 5.56 Å². The summed E-state index contributed by atoms with van der Waals surface area (Å²) in [7, 11) is 3.30. The van der Waals surface area contributed by atoms with Crippen LogP contribution in [0.3, 0.4) is 0 Å². The summed E-state index contributed by atoms with van der Waals surface area (Å²) in [5.41, 5.74) is 3.35. The number of pyridine rings is 1. The molecule has 4 heteroatoms. The number of methoxy groups -OCH3 is 1. The summed E-state index contributed by atoms with van der Waals surface area (Å²) in [5.74, 6) is 0.624. The van der Waals surface area contributed by atoms with Gasteiger partial charge in [-0.2, -0.15) is 0 Å². The first-order valence-electron chi connectivity index (χ1n) is 6.30. The third kappa shape index (κ3) is 2.25. The van der Waals surface area contributed by atoms with E-state index in [2.05, 4.69) is 0 Å². The number of carbonyl (C=O) groups is 1. The summed E-state index contributed by atoms with van der Waals surface area (Å²) in [6.45, 7) is 3.76. The van der Waals surface area contributed by atoms with Gasteiger partial charge < -0.3 is 9.30 Å². The van der Waals surface area contributed by atoms with Crippen LogP contribution in [0.1, 0.15) is 18.1 Å². The highest BCUT2D eigenvalue weighted by molar-refractivity contribution is 5.92. The number of ether oxygens (including phenoxy) is 1. The molecule has 0 aliphatic rings. The van der Waals surface area contributed by atoms with Gasteiger partial charge in [-0.05, 0) is 48.8 Å². The molecule has 0 saturated carbocycles. The molecule has 4 nitrogen and oxygen atoms in total. The Bertz CT molecular complexity index is 769. The van der Waals surface area contributed by atoms with Crippen molar-refractivity contribution in [1.82, 2.24) is 4.57 Å². The van der Waals surface area contributed by atoms with Crippen LogP contribution in [0.4, 0.5) is 0 Å². The zero-order chi connectivity index (χ0) is 14.9. The lowest BCUT2D eigenvalue weighted by molar-refractivity contribution is -0.104. The molecule has 2 rings (SSSR count). The van der Waals surface area contributed by atoms with Crippen molar-refractivity contribution in [3.05, 3.63) is 45.8 Å². The standard InChI is InChI=1S/C16H17NO3/c1-10(5-6-18)12-8-13-11(2)7-15(19)17(3)16(13)14(9-12)20-4/h5-9H,1-4H3/b10-5-. The summed E-state index contributed by atoms with van der Waals surface area (Å²) in [6.07, 6.45) is 2.28. The molecule has 0 saturated heterocycles. The van der Waals surface area contributed by atoms with E-state index in [9.17, 15) is 9.59 Å². The molecule has 1 heterocycles. The zero-order valence-corrected chi connectivity index (χ0v) is 12.1. The molecule has 20 heavy (non-hydrogen) atoms. The maximum absolute atomic E-state index is 11.9. The lowest BCUT2D eigenvalue weighted by Crippen LogP contribution is -2.17. The topological polar surface area (TPSA) is 48.3 Å². The van der Waals surface area contributed by atoms with Crippen LogP contribution in [-0.4, -0.2) is 18.0 Å². The summed E-state index contributed by atoms with van der Waals surface area (Å²) in [6, 6.07) is 5.42. The molecular formula is C16H17NO3. The zero-order valence-electron chi connectivity index (χ0n) is 12.1. The quantitative estimate of drug-likeness (QED) is 0.636. The van der Waals surface area contributed by atoms with Gasteiger partial charge in [-0.25, -0.2) is 0 Å². The van der Waals surface area contributed by atoms with Gasteiger partial charge in [-0.15, -0.1) is 0 Å². The molecule has 1 aromatic carbocycles. The predicted octanol–water partition coefficient (Wildman–Crippen LogP) is 2.46. The van der Waals surface area contributed by atoms with Gasteiger partial charge in [0.05, 0.1) is 12.6 Å². The van der Waals surface area contributed by atoms with E-state index >= 15 is 0 Å². The van der Waals surface area contributed by atoms with Crippen LogP contribution >= 0.6 is 0 Å². The van der Waals surface area contributed by atoms with E-state index in [0.717, 1.165) is 33.9 Å². The highest BCUT2D eigenvalue weighted by Gasteiger charge is 2.11. The monoisotopic (exact) mass is 271 g/mol. The third-order valence-electron chi connectivity index (χ3n) is 3.50. The second kappa shape index (κ2) is 5.33. The van der Waals surface area contributed by atoms with Crippen molar-refractivity contribution in [3.8, 4) is 5.75 Å². The molecule has 104 valence electrons. The fourth-order valence-corrected chi connectivity index (χ4v) is 2.31. The second-order valence-electron chi connectivity index (χ2n) is 4.79. The number of carbonyl (C=O) groups excluding carboxylic acids is 1. The van der Waals surface area contributed by atoms with E-state index < -0.39 is 0 Å².